The molecule has 18 heavy (non-hydrogen) atoms. The molecule has 1 saturated heterocycles. The molecule has 1 aliphatic heterocycles. The van der Waals surface area contributed by atoms with Gasteiger partial charge in [0.15, 0.2) is 0 Å². The van der Waals surface area contributed by atoms with Gasteiger partial charge in [0.25, 0.3) is 0 Å². The summed E-state index contributed by atoms with van der Waals surface area (Å²) in [7, 11) is 0. The topological polar surface area (TPSA) is 57.6 Å². The van der Waals surface area contributed by atoms with Crippen LogP contribution >= 0.6 is 0 Å². The van der Waals surface area contributed by atoms with Crippen LogP contribution in [0.3, 0.4) is 0 Å². The molecule has 0 spiro atoms. The zero-order chi connectivity index (χ0) is 13.2. The first-order valence-corrected chi connectivity index (χ1v) is 5.78. The lowest BCUT2D eigenvalue weighted by atomic mass is 9.74. The van der Waals surface area contributed by atoms with Crippen LogP contribution in [0.5, 0.6) is 0 Å². The summed E-state index contributed by atoms with van der Waals surface area (Å²) in [6.07, 6.45) is 0.633. The van der Waals surface area contributed by atoms with Gasteiger partial charge in [-0.15, -0.1) is 0 Å². The third-order valence-corrected chi connectivity index (χ3v) is 3.55. The first-order chi connectivity index (χ1) is 8.57. The Hall–Kier alpha value is -1.91. The molecule has 1 aromatic rings. The van der Waals surface area contributed by atoms with Crippen molar-refractivity contribution >= 4 is 12.4 Å². The largest absolute Gasteiger partial charge is 0.465 e. The van der Waals surface area contributed by atoms with E-state index in [2.05, 4.69) is 0 Å². The van der Waals surface area contributed by atoms with E-state index in [0.717, 1.165) is 6.29 Å². The zero-order valence-electron chi connectivity index (χ0n) is 9.80. The Morgan fingerprint density at radius 1 is 1.39 bits per heavy atom. The minimum Gasteiger partial charge on any atom is -0.465 e. The molecule has 0 bridgehead atoms. The van der Waals surface area contributed by atoms with E-state index in [9.17, 15) is 14.0 Å². The number of likely N-dealkylation sites (tertiary alicyclic amines) is 1. The number of aldehydes is 1. The predicted molar refractivity (Wildman–Crippen MR) is 63.0 cm³/mol. The number of benzene rings is 1. The van der Waals surface area contributed by atoms with E-state index in [1.165, 1.54) is 17.0 Å². The van der Waals surface area contributed by atoms with E-state index >= 15 is 0 Å². The van der Waals surface area contributed by atoms with Gasteiger partial charge < -0.3 is 14.8 Å². The maximum absolute atomic E-state index is 13.2. The Bertz CT molecular complexity index is 467. The fourth-order valence-corrected chi connectivity index (χ4v) is 2.37. The van der Waals surface area contributed by atoms with Crippen LogP contribution in [0, 0.1) is 5.82 Å². The molecule has 96 valence electrons. The summed E-state index contributed by atoms with van der Waals surface area (Å²) in [4.78, 5) is 23.5. The highest BCUT2D eigenvalue weighted by Gasteiger charge is 2.37. The molecule has 1 heterocycles. The summed E-state index contributed by atoms with van der Waals surface area (Å²) in [5.41, 5.74) is -0.129. The summed E-state index contributed by atoms with van der Waals surface area (Å²) in [5.74, 6) is -0.380. The van der Waals surface area contributed by atoms with Crippen LogP contribution < -0.4 is 0 Å². The van der Waals surface area contributed by atoms with Gasteiger partial charge in [-0.25, -0.2) is 9.18 Å². The summed E-state index contributed by atoms with van der Waals surface area (Å²) < 4.78 is 13.2. The van der Waals surface area contributed by atoms with E-state index < -0.39 is 11.5 Å². The first-order valence-electron chi connectivity index (χ1n) is 5.78. The molecular weight excluding hydrogens is 237 g/mol. The maximum Gasteiger partial charge on any atom is 0.407 e. The Morgan fingerprint density at radius 2 is 2.06 bits per heavy atom. The Balaban J connectivity index is 2.24. The van der Waals surface area contributed by atoms with Gasteiger partial charge in [0.05, 0.1) is 5.41 Å². The molecule has 5 heteroatoms. The molecular formula is C13H14FNO3. The van der Waals surface area contributed by atoms with Crippen molar-refractivity contribution in [2.24, 2.45) is 0 Å². The Kier molecular flexibility index (Phi) is 3.32. The normalized spacial score (nSPS) is 18.4. The lowest BCUT2D eigenvalue weighted by molar-refractivity contribution is -0.114. The first kappa shape index (κ1) is 12.5. The summed E-state index contributed by atoms with van der Waals surface area (Å²) in [5, 5.41) is 8.87. The smallest absolute Gasteiger partial charge is 0.407 e. The lowest BCUT2D eigenvalue weighted by Gasteiger charge is -2.37. The van der Waals surface area contributed by atoms with Crippen molar-refractivity contribution in [3.63, 3.8) is 0 Å². The van der Waals surface area contributed by atoms with Crippen LogP contribution in [0.1, 0.15) is 18.4 Å². The van der Waals surface area contributed by atoms with Crippen molar-refractivity contribution < 1.29 is 19.1 Å². The molecule has 1 fully saturated rings. The van der Waals surface area contributed by atoms with Gasteiger partial charge >= 0.3 is 6.09 Å². The quantitative estimate of drug-likeness (QED) is 0.818. The van der Waals surface area contributed by atoms with E-state index in [1.807, 2.05) is 0 Å². The predicted octanol–water partition coefficient (Wildman–Crippen LogP) is 2.04. The van der Waals surface area contributed by atoms with Crippen LogP contribution in [0.15, 0.2) is 24.3 Å². The number of carbonyl (C=O) groups excluding carboxylic acids is 1. The second-order valence-electron chi connectivity index (χ2n) is 4.55. The molecule has 0 atom stereocenters. The number of carboxylic acid groups (broad SMARTS) is 1. The number of hydrogen-bond acceptors (Lipinski definition) is 2. The molecule has 0 aromatic heterocycles. The molecule has 0 saturated carbocycles. The molecule has 0 unspecified atom stereocenters. The highest BCUT2D eigenvalue weighted by Crippen LogP contribution is 2.33. The van der Waals surface area contributed by atoms with Gasteiger partial charge in [-0.3, -0.25) is 0 Å². The number of rotatable bonds is 2. The minimum absolute atomic E-state index is 0.296. The molecule has 1 N–H and O–H groups in total. The highest BCUT2D eigenvalue weighted by atomic mass is 19.1. The van der Waals surface area contributed by atoms with Gasteiger partial charge in [-0.05, 0) is 30.5 Å². The summed E-state index contributed by atoms with van der Waals surface area (Å²) in [6, 6.07) is 5.96. The molecule has 4 nitrogen and oxygen atoms in total. The van der Waals surface area contributed by atoms with Crippen molar-refractivity contribution in [2.75, 3.05) is 13.1 Å². The second-order valence-corrected chi connectivity index (χ2v) is 4.55. The van der Waals surface area contributed by atoms with Gasteiger partial charge in [0.2, 0.25) is 0 Å². The van der Waals surface area contributed by atoms with Gasteiger partial charge in [0, 0.05) is 13.1 Å². The third kappa shape index (κ3) is 2.20. The average Bonchev–Trinajstić information content (AvgIpc) is 2.38. The van der Waals surface area contributed by atoms with Gasteiger partial charge in [-0.1, -0.05) is 12.1 Å². The molecule has 0 aliphatic carbocycles. The zero-order valence-corrected chi connectivity index (χ0v) is 9.80. The Morgan fingerprint density at radius 3 is 2.56 bits per heavy atom. The van der Waals surface area contributed by atoms with E-state index in [1.54, 1.807) is 12.1 Å². The van der Waals surface area contributed by atoms with Crippen molar-refractivity contribution in [3.8, 4) is 0 Å². The second kappa shape index (κ2) is 4.76. The average molecular weight is 251 g/mol. The van der Waals surface area contributed by atoms with Crippen LogP contribution in [-0.4, -0.2) is 35.5 Å². The molecule has 0 radical (unpaired) electrons. The van der Waals surface area contributed by atoms with Crippen molar-refractivity contribution in [3.05, 3.63) is 35.6 Å². The molecule has 2 rings (SSSR count). The van der Waals surface area contributed by atoms with Crippen LogP contribution in [0.25, 0.3) is 0 Å². The van der Waals surface area contributed by atoms with Crippen LogP contribution in [-0.2, 0) is 10.2 Å². The number of amides is 1. The monoisotopic (exact) mass is 251 g/mol. The van der Waals surface area contributed by atoms with Crippen molar-refractivity contribution in [1.82, 2.24) is 4.90 Å². The molecule has 1 aromatic carbocycles. The summed E-state index contributed by atoms with van der Waals surface area (Å²) >= 11 is 0. The van der Waals surface area contributed by atoms with Gasteiger partial charge in [0.1, 0.15) is 12.1 Å². The van der Waals surface area contributed by atoms with Crippen molar-refractivity contribution in [1.29, 1.82) is 0 Å². The Labute approximate surface area is 104 Å². The maximum atomic E-state index is 13.2. The third-order valence-electron chi connectivity index (χ3n) is 3.55. The van der Waals surface area contributed by atoms with Crippen molar-refractivity contribution in [2.45, 2.75) is 18.3 Å². The van der Waals surface area contributed by atoms with Gasteiger partial charge in [-0.2, -0.15) is 0 Å². The van der Waals surface area contributed by atoms with Crippen LogP contribution in [0.4, 0.5) is 9.18 Å². The SMILES string of the molecule is O=CC1(c2cccc(F)c2)CCN(C(=O)O)CC1. The fourth-order valence-electron chi connectivity index (χ4n) is 2.37. The number of nitrogens with zero attached hydrogens (tertiary/aromatic N) is 1. The minimum atomic E-state index is -0.978. The molecule has 1 aliphatic rings. The van der Waals surface area contributed by atoms with E-state index in [4.69, 9.17) is 5.11 Å². The number of halogens is 1. The fraction of sp³-hybridized carbons (Fsp3) is 0.385. The molecule has 1 amide bonds. The van der Waals surface area contributed by atoms with E-state index in [-0.39, 0.29) is 5.82 Å². The highest BCUT2D eigenvalue weighted by molar-refractivity contribution is 5.71. The number of hydrogen-bond donors (Lipinski definition) is 1. The summed E-state index contributed by atoms with van der Waals surface area (Å²) in [6.45, 7) is 0.592. The lowest BCUT2D eigenvalue weighted by Crippen LogP contribution is -2.45. The number of carbonyl (C=O) groups is 2. The van der Waals surface area contributed by atoms with E-state index in [0.29, 0.717) is 31.5 Å². The number of piperidine rings is 1. The standard InChI is InChI=1S/C13H14FNO3/c14-11-3-1-2-10(8-11)13(9-16)4-6-15(7-5-13)12(17)18/h1-3,8-9H,4-7H2,(H,17,18). The van der Waals surface area contributed by atoms with Crippen LogP contribution in [0.2, 0.25) is 0 Å².